The van der Waals surface area contributed by atoms with Gasteiger partial charge in [0.15, 0.2) is 0 Å². The number of amides is 1. The van der Waals surface area contributed by atoms with Crippen molar-refractivity contribution < 1.29 is 9.18 Å². The number of halogens is 1. The first-order valence-electron chi connectivity index (χ1n) is 6.10. The molecule has 2 aromatic rings. The van der Waals surface area contributed by atoms with E-state index in [0.717, 1.165) is 17.3 Å². The summed E-state index contributed by atoms with van der Waals surface area (Å²) in [6.07, 6.45) is 0. The number of nitrogens with zero attached hydrogens (tertiary/aromatic N) is 1. The van der Waals surface area contributed by atoms with Crippen molar-refractivity contribution in [3.63, 3.8) is 0 Å². The van der Waals surface area contributed by atoms with Crippen LogP contribution in [-0.2, 0) is 0 Å². The Labute approximate surface area is 116 Å². The first-order chi connectivity index (χ1) is 9.41. The van der Waals surface area contributed by atoms with Gasteiger partial charge in [-0.25, -0.2) is 4.39 Å². The van der Waals surface area contributed by atoms with Crippen molar-refractivity contribution in [2.24, 2.45) is 5.73 Å². The zero-order chi connectivity index (χ0) is 14.9. The Morgan fingerprint density at radius 1 is 1.20 bits per heavy atom. The summed E-state index contributed by atoms with van der Waals surface area (Å²) in [5, 5.41) is 0. The Morgan fingerprint density at radius 3 is 2.45 bits per heavy atom. The lowest BCUT2D eigenvalue weighted by atomic mass is 10.1. The van der Waals surface area contributed by atoms with Crippen LogP contribution in [0.2, 0.25) is 0 Å². The summed E-state index contributed by atoms with van der Waals surface area (Å²) in [5.41, 5.74) is 13.1. The maximum Gasteiger partial charge on any atom is 0.250 e. The molecule has 0 aromatic heterocycles. The summed E-state index contributed by atoms with van der Waals surface area (Å²) >= 11 is 0. The first kappa shape index (κ1) is 13.9. The van der Waals surface area contributed by atoms with Gasteiger partial charge in [-0.05, 0) is 30.7 Å². The number of para-hydroxylation sites is 1. The van der Waals surface area contributed by atoms with Gasteiger partial charge < -0.3 is 16.4 Å². The molecule has 0 radical (unpaired) electrons. The highest BCUT2D eigenvalue weighted by Gasteiger charge is 2.16. The molecule has 104 valence electrons. The molecule has 5 heteroatoms. The number of carbonyl (C=O) groups is 1. The lowest BCUT2D eigenvalue weighted by Gasteiger charge is -2.23. The van der Waals surface area contributed by atoms with E-state index in [2.05, 4.69) is 0 Å². The fraction of sp³-hybridized carbons (Fsp3) is 0.133. The molecule has 0 fully saturated rings. The lowest BCUT2D eigenvalue weighted by molar-refractivity contribution is 0.100. The third-order valence-electron chi connectivity index (χ3n) is 3.22. The van der Waals surface area contributed by atoms with Gasteiger partial charge in [0.1, 0.15) is 5.82 Å². The second-order valence-electron chi connectivity index (χ2n) is 4.60. The molecular weight excluding hydrogens is 257 g/mol. The highest BCUT2D eigenvalue weighted by molar-refractivity contribution is 5.99. The standard InChI is InChI=1S/C15H16FN3O/c1-9-5-3-4-6-13(9)19(2)14-7-10(15(18)20)12(17)8-11(14)16/h3-8H,17H2,1-2H3,(H2,18,20). The van der Waals surface area contributed by atoms with Crippen LogP contribution in [-0.4, -0.2) is 13.0 Å². The normalized spacial score (nSPS) is 10.3. The summed E-state index contributed by atoms with van der Waals surface area (Å²) in [6, 6.07) is 10.1. The number of anilines is 3. The molecule has 4 nitrogen and oxygen atoms in total. The Morgan fingerprint density at radius 2 is 1.85 bits per heavy atom. The van der Waals surface area contributed by atoms with Gasteiger partial charge in [0.05, 0.1) is 11.3 Å². The van der Waals surface area contributed by atoms with E-state index in [1.807, 2.05) is 31.2 Å². The number of carbonyl (C=O) groups excluding carboxylic acids is 1. The van der Waals surface area contributed by atoms with Crippen LogP contribution in [0.4, 0.5) is 21.5 Å². The third kappa shape index (κ3) is 2.42. The van der Waals surface area contributed by atoms with Gasteiger partial charge in [0.2, 0.25) is 0 Å². The molecule has 4 N–H and O–H groups in total. The number of hydrogen-bond donors (Lipinski definition) is 2. The molecule has 2 rings (SSSR count). The maximum absolute atomic E-state index is 14.1. The SMILES string of the molecule is Cc1ccccc1N(C)c1cc(C(N)=O)c(N)cc1F. The van der Waals surface area contributed by atoms with Gasteiger partial charge in [0, 0.05) is 18.4 Å². The van der Waals surface area contributed by atoms with E-state index in [0.29, 0.717) is 0 Å². The zero-order valence-corrected chi connectivity index (χ0v) is 11.4. The van der Waals surface area contributed by atoms with Crippen molar-refractivity contribution in [3.8, 4) is 0 Å². The van der Waals surface area contributed by atoms with Crippen molar-refractivity contribution in [3.05, 3.63) is 53.3 Å². The number of nitrogens with two attached hydrogens (primary N) is 2. The molecule has 0 spiro atoms. The van der Waals surface area contributed by atoms with Gasteiger partial charge in [-0.1, -0.05) is 18.2 Å². The van der Waals surface area contributed by atoms with E-state index in [1.54, 1.807) is 11.9 Å². The van der Waals surface area contributed by atoms with Crippen LogP contribution < -0.4 is 16.4 Å². The van der Waals surface area contributed by atoms with Crippen molar-refractivity contribution in [1.29, 1.82) is 0 Å². The highest BCUT2D eigenvalue weighted by atomic mass is 19.1. The summed E-state index contributed by atoms with van der Waals surface area (Å²) in [6.45, 7) is 1.93. The predicted molar refractivity (Wildman–Crippen MR) is 78.6 cm³/mol. The molecule has 0 aliphatic carbocycles. The van der Waals surface area contributed by atoms with Crippen molar-refractivity contribution >= 4 is 23.0 Å². The Hall–Kier alpha value is -2.56. The summed E-state index contributed by atoms with van der Waals surface area (Å²) in [7, 11) is 1.72. The second-order valence-corrected chi connectivity index (χ2v) is 4.60. The summed E-state index contributed by atoms with van der Waals surface area (Å²) < 4.78 is 14.1. The number of nitrogen functional groups attached to an aromatic ring is 1. The van der Waals surface area contributed by atoms with Gasteiger partial charge in [0.25, 0.3) is 5.91 Å². The first-order valence-corrected chi connectivity index (χ1v) is 6.10. The van der Waals surface area contributed by atoms with E-state index >= 15 is 0 Å². The van der Waals surface area contributed by atoms with Gasteiger partial charge in [-0.2, -0.15) is 0 Å². The van der Waals surface area contributed by atoms with Crippen LogP contribution in [0.3, 0.4) is 0 Å². The minimum absolute atomic E-state index is 0.0388. The molecule has 0 atom stereocenters. The van der Waals surface area contributed by atoms with Crippen LogP contribution in [0, 0.1) is 12.7 Å². The zero-order valence-electron chi connectivity index (χ0n) is 11.4. The number of hydrogen-bond acceptors (Lipinski definition) is 3. The summed E-state index contributed by atoms with van der Waals surface area (Å²) in [4.78, 5) is 13.0. The number of rotatable bonds is 3. The number of primary amides is 1. The number of benzene rings is 2. The van der Waals surface area contributed by atoms with Crippen LogP contribution in [0.15, 0.2) is 36.4 Å². The molecule has 2 aromatic carbocycles. The van der Waals surface area contributed by atoms with Crippen molar-refractivity contribution in [2.75, 3.05) is 17.7 Å². The molecule has 1 amide bonds. The van der Waals surface area contributed by atoms with Gasteiger partial charge >= 0.3 is 0 Å². The van der Waals surface area contributed by atoms with Crippen LogP contribution >= 0.6 is 0 Å². The number of aryl methyl sites for hydroxylation is 1. The van der Waals surface area contributed by atoms with Crippen LogP contribution in [0.25, 0.3) is 0 Å². The second kappa shape index (κ2) is 5.21. The molecule has 0 saturated heterocycles. The van der Waals surface area contributed by atoms with Crippen LogP contribution in [0.1, 0.15) is 15.9 Å². The molecular formula is C15H16FN3O. The molecule has 0 aliphatic heterocycles. The Balaban J connectivity index is 2.55. The van der Waals surface area contributed by atoms with E-state index in [1.165, 1.54) is 6.07 Å². The van der Waals surface area contributed by atoms with Crippen molar-refractivity contribution in [1.82, 2.24) is 0 Å². The van der Waals surface area contributed by atoms with Crippen molar-refractivity contribution in [2.45, 2.75) is 6.92 Å². The molecule has 0 unspecified atom stereocenters. The van der Waals surface area contributed by atoms with Crippen LogP contribution in [0.5, 0.6) is 0 Å². The molecule has 20 heavy (non-hydrogen) atoms. The average Bonchev–Trinajstić information content (AvgIpc) is 2.38. The molecule has 0 heterocycles. The lowest BCUT2D eigenvalue weighted by Crippen LogP contribution is -2.17. The Kier molecular flexibility index (Phi) is 3.61. The molecule has 0 aliphatic rings. The average molecular weight is 273 g/mol. The molecule has 0 bridgehead atoms. The fourth-order valence-corrected chi connectivity index (χ4v) is 2.12. The van der Waals surface area contributed by atoms with Gasteiger partial charge in [-0.3, -0.25) is 4.79 Å². The largest absolute Gasteiger partial charge is 0.398 e. The highest BCUT2D eigenvalue weighted by Crippen LogP contribution is 2.31. The van der Waals surface area contributed by atoms with E-state index in [4.69, 9.17) is 11.5 Å². The fourth-order valence-electron chi connectivity index (χ4n) is 2.12. The predicted octanol–water partition coefficient (Wildman–Crippen LogP) is 2.58. The molecule has 0 saturated carbocycles. The summed E-state index contributed by atoms with van der Waals surface area (Å²) in [5.74, 6) is -1.18. The third-order valence-corrected chi connectivity index (χ3v) is 3.22. The van der Waals surface area contributed by atoms with E-state index in [-0.39, 0.29) is 16.9 Å². The minimum Gasteiger partial charge on any atom is -0.398 e. The maximum atomic E-state index is 14.1. The quantitative estimate of drug-likeness (QED) is 0.844. The van der Waals surface area contributed by atoms with Gasteiger partial charge in [-0.15, -0.1) is 0 Å². The van der Waals surface area contributed by atoms with E-state index < -0.39 is 11.7 Å². The topological polar surface area (TPSA) is 72.3 Å². The van der Waals surface area contributed by atoms with E-state index in [9.17, 15) is 9.18 Å². The minimum atomic E-state index is -0.679. The Bertz CT molecular complexity index is 670. The monoisotopic (exact) mass is 273 g/mol. The smallest absolute Gasteiger partial charge is 0.250 e.